The van der Waals surface area contributed by atoms with Crippen LogP contribution >= 0.6 is 0 Å². The molecular weight excluding hydrogens is 216 g/mol. The van der Waals surface area contributed by atoms with Crippen molar-refractivity contribution >= 4 is 0 Å². The number of hydrogen-bond acceptors (Lipinski definition) is 4. The molecule has 1 aliphatic rings. The fourth-order valence-electron chi connectivity index (χ4n) is 1.98. The molecule has 0 atom stereocenters. The molecule has 0 aliphatic heterocycles. The van der Waals surface area contributed by atoms with E-state index in [1.165, 1.54) is 0 Å². The Morgan fingerprint density at radius 3 is 2.71 bits per heavy atom. The van der Waals surface area contributed by atoms with Gasteiger partial charge in [0.25, 0.3) is 0 Å². The Kier molecular flexibility index (Phi) is 3.49. The minimum atomic E-state index is -0.0661. The molecule has 1 aromatic heterocycles. The summed E-state index contributed by atoms with van der Waals surface area (Å²) < 4.78 is 1.89. The molecule has 2 rings (SSSR count). The van der Waals surface area contributed by atoms with Crippen LogP contribution in [-0.4, -0.2) is 32.7 Å². The van der Waals surface area contributed by atoms with Crippen molar-refractivity contribution < 1.29 is 5.11 Å². The monoisotopic (exact) mass is 238 g/mol. The minimum Gasteiger partial charge on any atom is -0.393 e. The standard InChI is InChI=1S/C12H22N4O/c1-12(2,3)16-8-10(14-15-16)7-13-6-9-4-11(17)5-9/h8-9,11,13,17H,4-7H2,1-3H3. The fourth-order valence-corrected chi connectivity index (χ4v) is 1.98. The molecular formula is C12H22N4O. The second-order valence-electron chi connectivity index (χ2n) is 5.95. The molecule has 0 unspecified atom stereocenters. The van der Waals surface area contributed by atoms with E-state index in [1.54, 1.807) is 0 Å². The van der Waals surface area contributed by atoms with Gasteiger partial charge in [-0.15, -0.1) is 5.10 Å². The van der Waals surface area contributed by atoms with Crippen LogP contribution in [-0.2, 0) is 12.1 Å². The topological polar surface area (TPSA) is 63.0 Å². The summed E-state index contributed by atoms with van der Waals surface area (Å²) in [5.74, 6) is 0.627. The summed E-state index contributed by atoms with van der Waals surface area (Å²) in [6, 6.07) is 0. The van der Waals surface area contributed by atoms with Gasteiger partial charge in [0.05, 0.1) is 23.5 Å². The van der Waals surface area contributed by atoms with Gasteiger partial charge >= 0.3 is 0 Å². The fraction of sp³-hybridized carbons (Fsp3) is 0.833. The zero-order valence-electron chi connectivity index (χ0n) is 10.8. The number of nitrogens with one attached hydrogen (secondary N) is 1. The lowest BCUT2D eigenvalue weighted by Crippen LogP contribution is -2.35. The molecule has 0 amide bonds. The van der Waals surface area contributed by atoms with E-state index in [1.807, 2.05) is 10.9 Å². The van der Waals surface area contributed by atoms with Gasteiger partial charge in [-0.1, -0.05) is 5.21 Å². The molecule has 5 nitrogen and oxygen atoms in total. The third-order valence-electron chi connectivity index (χ3n) is 3.18. The molecule has 17 heavy (non-hydrogen) atoms. The van der Waals surface area contributed by atoms with Crippen LogP contribution in [0.3, 0.4) is 0 Å². The van der Waals surface area contributed by atoms with Crippen LogP contribution in [0, 0.1) is 5.92 Å². The lowest BCUT2D eigenvalue weighted by molar-refractivity contribution is 0.0429. The summed E-state index contributed by atoms with van der Waals surface area (Å²) in [5.41, 5.74) is 0.961. The number of aliphatic hydroxyl groups is 1. The van der Waals surface area contributed by atoms with Crippen LogP contribution in [0.2, 0.25) is 0 Å². The molecule has 1 saturated carbocycles. The third kappa shape index (κ3) is 3.26. The molecule has 0 bridgehead atoms. The SMILES string of the molecule is CC(C)(C)n1cc(CNCC2CC(O)C2)nn1. The van der Waals surface area contributed by atoms with Crippen molar-refractivity contribution in [2.45, 2.75) is 51.8 Å². The highest BCUT2D eigenvalue weighted by molar-refractivity contribution is 4.94. The van der Waals surface area contributed by atoms with Crippen molar-refractivity contribution in [3.8, 4) is 0 Å². The average molecular weight is 238 g/mol. The number of rotatable bonds is 4. The Bertz CT molecular complexity index is 363. The van der Waals surface area contributed by atoms with Crippen LogP contribution < -0.4 is 5.32 Å². The predicted molar refractivity (Wildman–Crippen MR) is 65.5 cm³/mol. The second kappa shape index (κ2) is 4.74. The van der Waals surface area contributed by atoms with Crippen molar-refractivity contribution in [1.82, 2.24) is 20.3 Å². The first-order valence-corrected chi connectivity index (χ1v) is 6.25. The first-order valence-electron chi connectivity index (χ1n) is 6.25. The van der Waals surface area contributed by atoms with Gasteiger partial charge in [0.1, 0.15) is 0 Å². The smallest absolute Gasteiger partial charge is 0.0965 e. The summed E-state index contributed by atoms with van der Waals surface area (Å²) in [4.78, 5) is 0. The van der Waals surface area contributed by atoms with Crippen molar-refractivity contribution in [3.05, 3.63) is 11.9 Å². The van der Waals surface area contributed by atoms with E-state index in [0.29, 0.717) is 5.92 Å². The first-order chi connectivity index (χ1) is 7.95. The van der Waals surface area contributed by atoms with E-state index < -0.39 is 0 Å². The van der Waals surface area contributed by atoms with Gasteiger partial charge in [-0.2, -0.15) is 0 Å². The Morgan fingerprint density at radius 1 is 1.47 bits per heavy atom. The van der Waals surface area contributed by atoms with Gasteiger partial charge in [-0.05, 0) is 46.1 Å². The van der Waals surface area contributed by atoms with Gasteiger partial charge in [0.2, 0.25) is 0 Å². The maximum Gasteiger partial charge on any atom is 0.0965 e. The number of aromatic nitrogens is 3. The number of hydrogen-bond donors (Lipinski definition) is 2. The largest absolute Gasteiger partial charge is 0.393 e. The maximum atomic E-state index is 9.17. The quantitative estimate of drug-likeness (QED) is 0.818. The molecule has 0 saturated heterocycles. The number of aliphatic hydroxyl groups excluding tert-OH is 1. The third-order valence-corrected chi connectivity index (χ3v) is 3.18. The molecule has 0 spiro atoms. The summed E-state index contributed by atoms with van der Waals surface area (Å²) in [5, 5.41) is 20.8. The zero-order chi connectivity index (χ0) is 12.5. The summed E-state index contributed by atoms with van der Waals surface area (Å²) >= 11 is 0. The van der Waals surface area contributed by atoms with Crippen LogP contribution in [0.5, 0.6) is 0 Å². The van der Waals surface area contributed by atoms with E-state index in [-0.39, 0.29) is 11.6 Å². The highest BCUT2D eigenvalue weighted by Gasteiger charge is 2.26. The van der Waals surface area contributed by atoms with Gasteiger partial charge in [-0.25, -0.2) is 4.68 Å². The van der Waals surface area contributed by atoms with Crippen LogP contribution in [0.25, 0.3) is 0 Å². The molecule has 1 fully saturated rings. The van der Waals surface area contributed by atoms with Crippen molar-refractivity contribution in [2.75, 3.05) is 6.54 Å². The van der Waals surface area contributed by atoms with E-state index in [0.717, 1.165) is 31.6 Å². The van der Waals surface area contributed by atoms with E-state index in [9.17, 15) is 5.11 Å². The van der Waals surface area contributed by atoms with E-state index in [4.69, 9.17) is 0 Å². The molecule has 2 N–H and O–H groups in total. The maximum absolute atomic E-state index is 9.17. The van der Waals surface area contributed by atoms with Crippen LogP contribution in [0.4, 0.5) is 0 Å². The number of nitrogens with zero attached hydrogens (tertiary/aromatic N) is 3. The lowest BCUT2D eigenvalue weighted by Gasteiger charge is -2.31. The van der Waals surface area contributed by atoms with Gasteiger partial charge in [-0.3, -0.25) is 0 Å². The minimum absolute atomic E-state index is 0.0106. The van der Waals surface area contributed by atoms with Crippen LogP contribution in [0.1, 0.15) is 39.3 Å². The van der Waals surface area contributed by atoms with Gasteiger partial charge < -0.3 is 10.4 Å². The Hall–Kier alpha value is -0.940. The second-order valence-corrected chi connectivity index (χ2v) is 5.95. The Morgan fingerprint density at radius 2 is 2.18 bits per heavy atom. The first kappa shape index (κ1) is 12.5. The molecule has 1 heterocycles. The van der Waals surface area contributed by atoms with Gasteiger partial charge in [0, 0.05) is 6.54 Å². The van der Waals surface area contributed by atoms with Crippen molar-refractivity contribution in [3.63, 3.8) is 0 Å². The van der Waals surface area contributed by atoms with Crippen LogP contribution in [0.15, 0.2) is 6.20 Å². The highest BCUT2D eigenvalue weighted by Crippen LogP contribution is 2.26. The van der Waals surface area contributed by atoms with Gasteiger partial charge in [0.15, 0.2) is 0 Å². The molecule has 96 valence electrons. The predicted octanol–water partition coefficient (Wildman–Crippen LogP) is 0.894. The molecule has 1 aromatic rings. The van der Waals surface area contributed by atoms with Crippen molar-refractivity contribution in [1.29, 1.82) is 0 Å². The summed E-state index contributed by atoms with van der Waals surface area (Å²) in [7, 11) is 0. The Labute approximate surface area is 102 Å². The normalized spacial score (nSPS) is 24.7. The van der Waals surface area contributed by atoms with E-state index in [2.05, 4.69) is 36.4 Å². The molecule has 0 radical (unpaired) electrons. The average Bonchev–Trinajstić information content (AvgIpc) is 2.63. The molecule has 5 heteroatoms. The lowest BCUT2D eigenvalue weighted by atomic mass is 9.82. The Balaban J connectivity index is 1.74. The summed E-state index contributed by atoms with van der Waals surface area (Å²) in [6.45, 7) is 8.03. The van der Waals surface area contributed by atoms with E-state index >= 15 is 0 Å². The van der Waals surface area contributed by atoms with Crippen molar-refractivity contribution in [2.24, 2.45) is 5.92 Å². The zero-order valence-corrected chi connectivity index (χ0v) is 10.8. The molecule has 1 aliphatic carbocycles. The summed E-state index contributed by atoms with van der Waals surface area (Å²) in [6.07, 6.45) is 3.79. The highest BCUT2D eigenvalue weighted by atomic mass is 16.3. The molecule has 0 aromatic carbocycles.